The van der Waals surface area contributed by atoms with E-state index in [9.17, 15) is 14.0 Å². The zero-order chi connectivity index (χ0) is 19.2. The second kappa shape index (κ2) is 8.47. The Bertz CT molecular complexity index is 750. The number of amides is 2. The topological polar surface area (TPSA) is 67.4 Å². The van der Waals surface area contributed by atoms with Crippen LogP contribution in [0.1, 0.15) is 31.9 Å². The van der Waals surface area contributed by atoms with Crippen molar-refractivity contribution in [3.63, 3.8) is 0 Å². The molecule has 0 aliphatic heterocycles. The Balaban J connectivity index is 1.73. The fourth-order valence-electron chi connectivity index (χ4n) is 2.21. The summed E-state index contributed by atoms with van der Waals surface area (Å²) in [5, 5.41) is 0. The average molecular weight is 358 g/mol. The van der Waals surface area contributed by atoms with Crippen LogP contribution in [0.15, 0.2) is 48.5 Å². The Morgan fingerprint density at radius 3 is 2.08 bits per heavy atom. The molecule has 0 radical (unpaired) electrons. The number of halogens is 1. The third-order valence-electron chi connectivity index (χ3n) is 3.71. The van der Waals surface area contributed by atoms with Gasteiger partial charge in [0.1, 0.15) is 11.6 Å². The molecule has 0 aromatic heterocycles. The summed E-state index contributed by atoms with van der Waals surface area (Å²) in [4.78, 5) is 23.5. The van der Waals surface area contributed by atoms with E-state index >= 15 is 0 Å². The average Bonchev–Trinajstić information content (AvgIpc) is 2.60. The molecule has 0 unspecified atom stereocenters. The monoisotopic (exact) mass is 358 g/mol. The summed E-state index contributed by atoms with van der Waals surface area (Å²) in [7, 11) is 0. The van der Waals surface area contributed by atoms with Gasteiger partial charge in [0.25, 0.3) is 5.91 Å². The lowest BCUT2D eigenvalue weighted by Crippen LogP contribution is -2.44. The van der Waals surface area contributed by atoms with Crippen molar-refractivity contribution in [2.45, 2.75) is 32.6 Å². The third-order valence-corrected chi connectivity index (χ3v) is 3.71. The number of carbonyl (C=O) groups excluding carboxylic acids is 2. The molecule has 2 aromatic carbocycles. The zero-order valence-electron chi connectivity index (χ0n) is 15.1. The van der Waals surface area contributed by atoms with Crippen LogP contribution in [0.2, 0.25) is 0 Å². The molecule has 0 aliphatic carbocycles. The van der Waals surface area contributed by atoms with Gasteiger partial charge in [-0.1, -0.05) is 45.0 Å². The Hall–Kier alpha value is -2.89. The summed E-state index contributed by atoms with van der Waals surface area (Å²) >= 11 is 0. The van der Waals surface area contributed by atoms with E-state index in [0.29, 0.717) is 11.3 Å². The van der Waals surface area contributed by atoms with Crippen LogP contribution in [-0.4, -0.2) is 18.4 Å². The zero-order valence-corrected chi connectivity index (χ0v) is 15.1. The molecule has 0 saturated carbocycles. The van der Waals surface area contributed by atoms with E-state index in [1.54, 1.807) is 12.1 Å². The maximum atomic E-state index is 12.8. The van der Waals surface area contributed by atoms with Crippen LogP contribution in [-0.2, 0) is 21.4 Å². The smallest absolute Gasteiger partial charge is 0.276 e. The van der Waals surface area contributed by atoms with E-state index in [0.717, 1.165) is 0 Å². The molecule has 2 rings (SSSR count). The van der Waals surface area contributed by atoms with Gasteiger partial charge in [-0.25, -0.2) is 4.39 Å². The molecule has 0 heterocycles. The van der Waals surface area contributed by atoms with E-state index in [1.807, 2.05) is 12.1 Å². The molecule has 138 valence electrons. The van der Waals surface area contributed by atoms with E-state index in [1.165, 1.54) is 29.8 Å². The number of ether oxygens (including phenoxy) is 1. The Morgan fingerprint density at radius 1 is 0.923 bits per heavy atom. The highest BCUT2D eigenvalue weighted by Crippen LogP contribution is 2.24. The molecule has 2 aromatic rings. The Labute approximate surface area is 152 Å². The second-order valence-corrected chi connectivity index (χ2v) is 6.96. The van der Waals surface area contributed by atoms with Gasteiger partial charge in [-0.05, 0) is 40.8 Å². The highest BCUT2D eigenvalue weighted by molar-refractivity contribution is 5.83. The summed E-state index contributed by atoms with van der Waals surface area (Å²) < 4.78 is 18.2. The summed E-state index contributed by atoms with van der Waals surface area (Å²) in [6.45, 7) is 6.13. The van der Waals surface area contributed by atoms with E-state index in [4.69, 9.17) is 4.74 Å². The second-order valence-electron chi connectivity index (χ2n) is 6.96. The standard InChI is InChI=1S/C20H23FN2O3/c1-20(2,3)15-6-10-17(11-7-15)26-13-19(25)23-22-18(24)12-14-4-8-16(21)9-5-14/h4-11H,12-13H2,1-3H3,(H,22,24)(H,23,25). The van der Waals surface area contributed by atoms with Gasteiger partial charge < -0.3 is 4.74 Å². The highest BCUT2D eigenvalue weighted by atomic mass is 19.1. The molecule has 6 heteroatoms. The highest BCUT2D eigenvalue weighted by Gasteiger charge is 2.13. The SMILES string of the molecule is CC(C)(C)c1ccc(OCC(=O)NNC(=O)Cc2ccc(F)cc2)cc1. The fourth-order valence-corrected chi connectivity index (χ4v) is 2.21. The van der Waals surface area contributed by atoms with Gasteiger partial charge in [0, 0.05) is 0 Å². The molecule has 2 N–H and O–H groups in total. The Morgan fingerprint density at radius 2 is 1.50 bits per heavy atom. The molecule has 0 atom stereocenters. The van der Waals surface area contributed by atoms with Crippen LogP contribution in [0, 0.1) is 5.82 Å². The minimum atomic E-state index is -0.475. The van der Waals surface area contributed by atoms with E-state index in [-0.39, 0.29) is 24.3 Å². The van der Waals surface area contributed by atoms with Gasteiger partial charge in [-0.3, -0.25) is 20.4 Å². The number of hydrazine groups is 1. The normalized spacial score (nSPS) is 10.9. The van der Waals surface area contributed by atoms with Crippen molar-refractivity contribution in [1.29, 1.82) is 0 Å². The van der Waals surface area contributed by atoms with Gasteiger partial charge in [0.2, 0.25) is 5.91 Å². The van der Waals surface area contributed by atoms with Gasteiger partial charge in [-0.2, -0.15) is 0 Å². The van der Waals surface area contributed by atoms with Crippen molar-refractivity contribution < 1.29 is 18.7 Å². The first-order valence-corrected chi connectivity index (χ1v) is 8.29. The molecule has 0 fully saturated rings. The summed E-state index contributed by atoms with van der Waals surface area (Å²) in [6.07, 6.45) is 0.0374. The number of carbonyl (C=O) groups is 2. The lowest BCUT2D eigenvalue weighted by molar-refractivity contribution is -0.129. The number of hydrogen-bond acceptors (Lipinski definition) is 3. The number of benzene rings is 2. The van der Waals surface area contributed by atoms with Crippen molar-refractivity contribution in [2.75, 3.05) is 6.61 Å². The molecule has 5 nitrogen and oxygen atoms in total. The van der Waals surface area contributed by atoms with Crippen molar-refractivity contribution >= 4 is 11.8 Å². The van der Waals surface area contributed by atoms with E-state index < -0.39 is 11.8 Å². The van der Waals surface area contributed by atoms with Crippen molar-refractivity contribution in [2.24, 2.45) is 0 Å². The number of nitrogens with one attached hydrogen (secondary N) is 2. The minimum absolute atomic E-state index is 0.0374. The van der Waals surface area contributed by atoms with Gasteiger partial charge >= 0.3 is 0 Å². The first-order valence-electron chi connectivity index (χ1n) is 8.29. The van der Waals surface area contributed by atoms with Crippen LogP contribution in [0.3, 0.4) is 0 Å². The molecule has 0 bridgehead atoms. The van der Waals surface area contributed by atoms with Crippen LogP contribution in [0.5, 0.6) is 5.75 Å². The fraction of sp³-hybridized carbons (Fsp3) is 0.300. The number of hydrogen-bond donors (Lipinski definition) is 2. The lowest BCUT2D eigenvalue weighted by atomic mass is 9.87. The third kappa shape index (κ3) is 6.20. The molecular formula is C20H23FN2O3. The Kier molecular flexibility index (Phi) is 6.33. The van der Waals surface area contributed by atoms with Gasteiger partial charge in [0.15, 0.2) is 6.61 Å². The van der Waals surface area contributed by atoms with E-state index in [2.05, 4.69) is 31.6 Å². The lowest BCUT2D eigenvalue weighted by Gasteiger charge is -2.19. The number of rotatable bonds is 5. The predicted molar refractivity (Wildman–Crippen MR) is 97.0 cm³/mol. The van der Waals surface area contributed by atoms with Crippen molar-refractivity contribution in [3.8, 4) is 5.75 Å². The van der Waals surface area contributed by atoms with Crippen LogP contribution in [0.4, 0.5) is 4.39 Å². The quantitative estimate of drug-likeness (QED) is 0.808. The maximum Gasteiger partial charge on any atom is 0.276 e. The van der Waals surface area contributed by atoms with Crippen LogP contribution < -0.4 is 15.6 Å². The summed E-state index contributed by atoms with van der Waals surface area (Å²) in [5.74, 6) is -0.669. The van der Waals surface area contributed by atoms with Crippen molar-refractivity contribution in [1.82, 2.24) is 10.9 Å². The van der Waals surface area contributed by atoms with Crippen LogP contribution in [0.25, 0.3) is 0 Å². The maximum absolute atomic E-state index is 12.8. The summed E-state index contributed by atoms with van der Waals surface area (Å²) in [6, 6.07) is 13.1. The van der Waals surface area contributed by atoms with Gasteiger partial charge in [0.05, 0.1) is 6.42 Å². The molecule has 2 amide bonds. The van der Waals surface area contributed by atoms with Crippen molar-refractivity contribution in [3.05, 3.63) is 65.5 Å². The molecule has 26 heavy (non-hydrogen) atoms. The minimum Gasteiger partial charge on any atom is -0.484 e. The molecular weight excluding hydrogens is 335 g/mol. The molecule has 0 spiro atoms. The molecule has 0 aliphatic rings. The van der Waals surface area contributed by atoms with Gasteiger partial charge in [-0.15, -0.1) is 0 Å². The largest absolute Gasteiger partial charge is 0.484 e. The predicted octanol–water partition coefficient (Wildman–Crippen LogP) is 2.89. The first kappa shape index (κ1) is 19.4. The summed E-state index contributed by atoms with van der Waals surface area (Å²) in [5.41, 5.74) is 6.44. The van der Waals surface area contributed by atoms with Crippen LogP contribution >= 0.6 is 0 Å². The first-order chi connectivity index (χ1) is 12.2. The molecule has 0 saturated heterocycles.